The van der Waals surface area contributed by atoms with Gasteiger partial charge >= 0.3 is 5.97 Å². The molecule has 16 heavy (non-hydrogen) atoms. The van der Waals surface area contributed by atoms with Crippen LogP contribution in [0.2, 0.25) is 0 Å². The third-order valence-electron chi connectivity index (χ3n) is 1.58. The lowest BCUT2D eigenvalue weighted by Crippen LogP contribution is -2.45. The first-order valence-corrected chi connectivity index (χ1v) is 5.05. The van der Waals surface area contributed by atoms with Crippen LogP contribution in [-0.4, -0.2) is 30.1 Å². The quantitative estimate of drug-likeness (QED) is 0.537. The summed E-state index contributed by atoms with van der Waals surface area (Å²) in [6.07, 6.45) is 0. The van der Waals surface area contributed by atoms with Gasteiger partial charge in [-0.05, 0) is 27.7 Å². The molecule has 0 aromatic carbocycles. The predicted octanol–water partition coefficient (Wildman–Crippen LogP) is 0.348. The summed E-state index contributed by atoms with van der Waals surface area (Å²) in [6.45, 7) is 10.4. The highest BCUT2D eigenvalue weighted by Gasteiger charge is 2.22. The van der Waals surface area contributed by atoms with Gasteiger partial charge < -0.3 is 15.8 Å². The fourth-order valence-corrected chi connectivity index (χ4v) is 0.814. The minimum absolute atomic E-state index is 0.0423. The molecule has 1 unspecified atom stereocenters. The Morgan fingerprint density at radius 1 is 1.44 bits per heavy atom. The first-order valence-electron chi connectivity index (χ1n) is 5.05. The second kappa shape index (κ2) is 5.65. The first kappa shape index (κ1) is 14.6. The topological polar surface area (TPSA) is 81.4 Å². The molecule has 0 fully saturated rings. The number of nitrogens with two attached hydrogens (primary N) is 1. The number of carbonyl (C=O) groups excluding carboxylic acids is 2. The van der Waals surface area contributed by atoms with Gasteiger partial charge in [0.25, 0.3) is 0 Å². The largest absolute Gasteiger partial charge is 0.459 e. The zero-order valence-electron chi connectivity index (χ0n) is 10.3. The van der Waals surface area contributed by atoms with E-state index in [0.717, 1.165) is 0 Å². The lowest BCUT2D eigenvalue weighted by atomic mass is 10.2. The number of hydrogen-bond acceptors (Lipinski definition) is 4. The molecular formula is C11H20N2O3. The molecule has 0 aliphatic carbocycles. The Bertz CT molecular complexity index is 292. The van der Waals surface area contributed by atoms with Gasteiger partial charge in [-0.1, -0.05) is 6.58 Å². The summed E-state index contributed by atoms with van der Waals surface area (Å²) < 4.78 is 5.05. The third-order valence-corrected chi connectivity index (χ3v) is 1.58. The number of hydrogen-bond donors (Lipinski definition) is 2. The van der Waals surface area contributed by atoms with E-state index in [1.807, 2.05) is 0 Å². The maximum atomic E-state index is 11.4. The highest BCUT2D eigenvalue weighted by atomic mass is 16.6. The van der Waals surface area contributed by atoms with Crippen LogP contribution in [0, 0.1) is 0 Å². The van der Waals surface area contributed by atoms with Crippen LogP contribution < -0.4 is 11.1 Å². The molecule has 0 saturated carbocycles. The Balaban J connectivity index is 4.07. The highest BCUT2D eigenvalue weighted by molar-refractivity contribution is 5.92. The monoisotopic (exact) mass is 228 g/mol. The summed E-state index contributed by atoms with van der Waals surface area (Å²) in [5.74, 6) is -0.853. The molecular weight excluding hydrogens is 208 g/mol. The van der Waals surface area contributed by atoms with Crippen LogP contribution in [0.25, 0.3) is 0 Å². The van der Waals surface area contributed by atoms with Crippen molar-refractivity contribution in [1.29, 1.82) is 0 Å². The van der Waals surface area contributed by atoms with Crippen molar-refractivity contribution < 1.29 is 14.3 Å². The third kappa shape index (κ3) is 6.19. The first-order chi connectivity index (χ1) is 7.13. The zero-order chi connectivity index (χ0) is 12.9. The van der Waals surface area contributed by atoms with E-state index in [1.165, 1.54) is 0 Å². The van der Waals surface area contributed by atoms with Gasteiger partial charge in [0, 0.05) is 12.1 Å². The molecule has 5 heteroatoms. The van der Waals surface area contributed by atoms with E-state index in [2.05, 4.69) is 11.9 Å². The van der Waals surface area contributed by atoms with Gasteiger partial charge in [0.2, 0.25) is 5.91 Å². The maximum Gasteiger partial charge on any atom is 0.325 e. The molecule has 0 rings (SSSR count). The van der Waals surface area contributed by atoms with Crippen LogP contribution in [0.15, 0.2) is 12.2 Å². The number of esters is 1. The number of amides is 1. The molecule has 0 aliphatic heterocycles. The Kier molecular flexibility index (Phi) is 5.17. The Morgan fingerprint density at radius 2 is 1.94 bits per heavy atom. The molecule has 1 amide bonds. The van der Waals surface area contributed by atoms with Gasteiger partial charge in [-0.2, -0.15) is 0 Å². The van der Waals surface area contributed by atoms with Crippen molar-refractivity contribution in [3.63, 3.8) is 0 Å². The average molecular weight is 228 g/mol. The van der Waals surface area contributed by atoms with Crippen molar-refractivity contribution in [2.24, 2.45) is 5.73 Å². The molecule has 3 N–H and O–H groups in total. The average Bonchev–Trinajstić information content (AvgIpc) is 2.10. The van der Waals surface area contributed by atoms with Gasteiger partial charge in [0.15, 0.2) is 0 Å². The fourth-order valence-electron chi connectivity index (χ4n) is 0.814. The van der Waals surface area contributed by atoms with Crippen molar-refractivity contribution in [2.45, 2.75) is 39.3 Å². The predicted molar refractivity (Wildman–Crippen MR) is 61.6 cm³/mol. The number of ether oxygens (including phenoxy) is 1. The van der Waals surface area contributed by atoms with Crippen LogP contribution in [0.1, 0.15) is 27.7 Å². The summed E-state index contributed by atoms with van der Waals surface area (Å²) in [7, 11) is 0. The molecule has 0 heterocycles. The van der Waals surface area contributed by atoms with Gasteiger partial charge in [0.1, 0.15) is 11.6 Å². The van der Waals surface area contributed by atoms with Gasteiger partial charge in [-0.3, -0.25) is 9.59 Å². The van der Waals surface area contributed by atoms with Crippen molar-refractivity contribution in [2.75, 3.05) is 6.54 Å². The van der Waals surface area contributed by atoms with Crippen molar-refractivity contribution >= 4 is 11.9 Å². The van der Waals surface area contributed by atoms with E-state index in [0.29, 0.717) is 5.57 Å². The van der Waals surface area contributed by atoms with Crippen molar-refractivity contribution in [3.05, 3.63) is 12.2 Å². The van der Waals surface area contributed by atoms with Crippen LogP contribution >= 0.6 is 0 Å². The minimum Gasteiger partial charge on any atom is -0.459 e. The molecule has 0 saturated heterocycles. The van der Waals surface area contributed by atoms with Crippen molar-refractivity contribution in [1.82, 2.24) is 5.32 Å². The standard InChI is InChI=1S/C11H20N2O3/c1-7(2)9(14)13-6-8(12)10(15)16-11(3,4)5/h8H,1,6,12H2,2-5H3,(H,13,14). The summed E-state index contributed by atoms with van der Waals surface area (Å²) >= 11 is 0. The molecule has 1 atom stereocenters. The minimum atomic E-state index is -0.859. The Labute approximate surface area is 96.0 Å². The van der Waals surface area contributed by atoms with E-state index >= 15 is 0 Å². The SMILES string of the molecule is C=C(C)C(=O)NCC(N)C(=O)OC(C)(C)C. The lowest BCUT2D eigenvalue weighted by molar-refractivity contribution is -0.156. The molecule has 0 aromatic rings. The molecule has 0 radical (unpaired) electrons. The molecule has 0 bridgehead atoms. The van der Waals surface area contributed by atoms with E-state index in [1.54, 1.807) is 27.7 Å². The number of carbonyl (C=O) groups is 2. The van der Waals surface area contributed by atoms with Crippen LogP contribution in [0.3, 0.4) is 0 Å². The van der Waals surface area contributed by atoms with Crippen LogP contribution in [0.5, 0.6) is 0 Å². The zero-order valence-corrected chi connectivity index (χ0v) is 10.3. The number of nitrogens with one attached hydrogen (secondary N) is 1. The van der Waals surface area contributed by atoms with Crippen LogP contribution in [0.4, 0.5) is 0 Å². The highest BCUT2D eigenvalue weighted by Crippen LogP contribution is 2.07. The maximum absolute atomic E-state index is 11.4. The summed E-state index contributed by atoms with van der Waals surface area (Å²) in [5.41, 5.74) is 5.35. The van der Waals surface area contributed by atoms with Crippen LogP contribution in [-0.2, 0) is 14.3 Å². The summed E-state index contributed by atoms with van der Waals surface area (Å²) in [6, 6.07) is -0.859. The second-order valence-electron chi connectivity index (χ2n) is 4.63. The molecule has 92 valence electrons. The lowest BCUT2D eigenvalue weighted by Gasteiger charge is -2.22. The Hall–Kier alpha value is -1.36. The van der Waals surface area contributed by atoms with Gasteiger partial charge in [-0.15, -0.1) is 0 Å². The second-order valence-corrected chi connectivity index (χ2v) is 4.63. The fraction of sp³-hybridized carbons (Fsp3) is 0.636. The van der Waals surface area contributed by atoms with Crippen molar-refractivity contribution in [3.8, 4) is 0 Å². The summed E-state index contributed by atoms with van der Waals surface area (Å²) in [4.78, 5) is 22.6. The normalized spacial score (nSPS) is 12.8. The Morgan fingerprint density at radius 3 is 2.31 bits per heavy atom. The molecule has 0 aromatic heterocycles. The van der Waals surface area contributed by atoms with E-state index < -0.39 is 17.6 Å². The van der Waals surface area contributed by atoms with E-state index in [4.69, 9.17) is 10.5 Å². The van der Waals surface area contributed by atoms with Gasteiger partial charge in [0.05, 0.1) is 0 Å². The smallest absolute Gasteiger partial charge is 0.325 e. The van der Waals surface area contributed by atoms with Gasteiger partial charge in [-0.25, -0.2) is 0 Å². The molecule has 0 aliphatic rings. The molecule has 5 nitrogen and oxygen atoms in total. The number of rotatable bonds is 4. The van der Waals surface area contributed by atoms with E-state index in [-0.39, 0.29) is 12.5 Å². The van der Waals surface area contributed by atoms with E-state index in [9.17, 15) is 9.59 Å². The summed E-state index contributed by atoms with van der Waals surface area (Å²) in [5, 5.41) is 2.48. The molecule has 0 spiro atoms.